The van der Waals surface area contributed by atoms with Crippen LogP contribution in [-0.4, -0.2) is 4.98 Å². The zero-order chi connectivity index (χ0) is 13.7. The Hall–Kier alpha value is -0.620. The first kappa shape index (κ1) is 14.8. The third-order valence-corrected chi connectivity index (χ3v) is 3.91. The summed E-state index contributed by atoms with van der Waals surface area (Å²) in [7, 11) is 0. The molecule has 4 heteroatoms. The minimum Gasteiger partial charge on any atom is -0.484 e. The third-order valence-electron chi connectivity index (χ3n) is 2.72. The van der Waals surface area contributed by atoms with E-state index in [4.69, 9.17) is 4.74 Å². The van der Waals surface area contributed by atoms with Crippen LogP contribution >= 0.6 is 38.5 Å². The number of rotatable bonds is 5. The van der Waals surface area contributed by atoms with Crippen LogP contribution in [0, 0.1) is 3.57 Å². The molecule has 0 spiro atoms. The minimum atomic E-state index is 0.0122. The van der Waals surface area contributed by atoms with Gasteiger partial charge in [-0.05, 0) is 81.3 Å². The van der Waals surface area contributed by atoms with Crippen molar-refractivity contribution in [3.63, 3.8) is 0 Å². The van der Waals surface area contributed by atoms with Gasteiger partial charge in [0.05, 0.1) is 5.69 Å². The maximum atomic E-state index is 6.05. The standard InChI is InChI=1S/C15H15BrINO/c1-2-3-15(14-9-4-11(16)10-18-14)19-13-7-5-12(17)6-8-13/h4-10,15H,2-3H2,1H3/t15-/m1/s1. The van der Waals surface area contributed by atoms with Gasteiger partial charge in [0, 0.05) is 14.2 Å². The summed E-state index contributed by atoms with van der Waals surface area (Å²) in [5.74, 6) is 0.892. The van der Waals surface area contributed by atoms with Gasteiger partial charge in [-0.2, -0.15) is 0 Å². The van der Waals surface area contributed by atoms with E-state index < -0.39 is 0 Å². The van der Waals surface area contributed by atoms with Gasteiger partial charge < -0.3 is 4.74 Å². The van der Waals surface area contributed by atoms with Crippen molar-refractivity contribution in [3.8, 4) is 5.75 Å². The molecule has 0 fully saturated rings. The molecule has 100 valence electrons. The normalized spacial score (nSPS) is 12.2. The van der Waals surface area contributed by atoms with Crippen molar-refractivity contribution in [1.82, 2.24) is 4.98 Å². The fourth-order valence-electron chi connectivity index (χ4n) is 1.78. The second kappa shape index (κ2) is 7.24. The van der Waals surface area contributed by atoms with Crippen molar-refractivity contribution < 1.29 is 4.74 Å². The van der Waals surface area contributed by atoms with Crippen molar-refractivity contribution >= 4 is 38.5 Å². The Morgan fingerprint density at radius 1 is 1.21 bits per heavy atom. The van der Waals surface area contributed by atoms with Gasteiger partial charge in [-0.3, -0.25) is 4.98 Å². The first-order valence-electron chi connectivity index (χ1n) is 6.22. The number of halogens is 2. The molecule has 0 unspecified atom stereocenters. The van der Waals surface area contributed by atoms with Crippen molar-refractivity contribution in [1.29, 1.82) is 0 Å². The van der Waals surface area contributed by atoms with Gasteiger partial charge in [-0.25, -0.2) is 0 Å². The molecule has 1 heterocycles. The SMILES string of the molecule is CCC[C@@H](Oc1ccc(I)cc1)c1ccc(Br)cn1. The molecule has 0 bridgehead atoms. The van der Waals surface area contributed by atoms with Crippen molar-refractivity contribution in [2.75, 3.05) is 0 Å². The van der Waals surface area contributed by atoms with Crippen molar-refractivity contribution in [2.24, 2.45) is 0 Å². The molecule has 0 aliphatic rings. The lowest BCUT2D eigenvalue weighted by Gasteiger charge is -2.18. The average Bonchev–Trinajstić information content (AvgIpc) is 2.42. The number of ether oxygens (including phenoxy) is 1. The fourth-order valence-corrected chi connectivity index (χ4v) is 2.38. The summed E-state index contributed by atoms with van der Waals surface area (Å²) in [5, 5.41) is 0. The van der Waals surface area contributed by atoms with E-state index in [1.54, 1.807) is 0 Å². The number of benzene rings is 1. The summed E-state index contributed by atoms with van der Waals surface area (Å²) >= 11 is 5.69. The molecule has 1 atom stereocenters. The summed E-state index contributed by atoms with van der Waals surface area (Å²) < 4.78 is 8.25. The number of pyridine rings is 1. The van der Waals surface area contributed by atoms with Gasteiger partial charge in [0.1, 0.15) is 11.9 Å². The quantitative estimate of drug-likeness (QED) is 0.593. The zero-order valence-corrected chi connectivity index (χ0v) is 14.4. The van der Waals surface area contributed by atoms with E-state index in [1.165, 1.54) is 3.57 Å². The summed E-state index contributed by atoms with van der Waals surface area (Å²) in [4.78, 5) is 4.44. The highest BCUT2D eigenvalue weighted by molar-refractivity contribution is 14.1. The highest BCUT2D eigenvalue weighted by atomic mass is 127. The van der Waals surface area contributed by atoms with Gasteiger partial charge in [0.2, 0.25) is 0 Å². The molecular formula is C15H15BrINO. The summed E-state index contributed by atoms with van der Waals surface area (Å²) in [6.45, 7) is 2.16. The van der Waals surface area contributed by atoms with Crippen LogP contribution in [0.1, 0.15) is 31.6 Å². The molecule has 1 aromatic heterocycles. The van der Waals surface area contributed by atoms with Gasteiger partial charge in [0.25, 0.3) is 0 Å². The largest absolute Gasteiger partial charge is 0.484 e. The lowest BCUT2D eigenvalue weighted by atomic mass is 10.1. The van der Waals surface area contributed by atoms with E-state index in [9.17, 15) is 0 Å². The van der Waals surface area contributed by atoms with E-state index in [0.29, 0.717) is 0 Å². The highest BCUT2D eigenvalue weighted by Gasteiger charge is 2.13. The minimum absolute atomic E-state index is 0.0122. The van der Waals surface area contributed by atoms with Gasteiger partial charge in [-0.1, -0.05) is 13.3 Å². The zero-order valence-electron chi connectivity index (χ0n) is 10.6. The van der Waals surface area contributed by atoms with Crippen LogP contribution in [-0.2, 0) is 0 Å². The van der Waals surface area contributed by atoms with Crippen LogP contribution in [0.4, 0.5) is 0 Å². The summed E-state index contributed by atoms with van der Waals surface area (Å²) in [5.41, 5.74) is 0.976. The summed E-state index contributed by atoms with van der Waals surface area (Å²) in [6, 6.07) is 12.1. The molecular weight excluding hydrogens is 417 g/mol. The van der Waals surface area contributed by atoms with Crippen LogP contribution < -0.4 is 4.74 Å². The maximum Gasteiger partial charge on any atom is 0.140 e. The van der Waals surface area contributed by atoms with E-state index >= 15 is 0 Å². The monoisotopic (exact) mass is 431 g/mol. The number of hydrogen-bond donors (Lipinski definition) is 0. The van der Waals surface area contributed by atoms with Gasteiger partial charge in [0.15, 0.2) is 0 Å². The number of nitrogens with zero attached hydrogens (tertiary/aromatic N) is 1. The van der Waals surface area contributed by atoms with E-state index in [2.05, 4.69) is 50.4 Å². The molecule has 19 heavy (non-hydrogen) atoms. The molecule has 0 aliphatic carbocycles. The topological polar surface area (TPSA) is 22.1 Å². The van der Waals surface area contributed by atoms with Crippen LogP contribution in [0.25, 0.3) is 0 Å². The Morgan fingerprint density at radius 3 is 2.53 bits per heavy atom. The molecule has 0 radical (unpaired) electrons. The average molecular weight is 432 g/mol. The highest BCUT2D eigenvalue weighted by Crippen LogP contribution is 2.26. The van der Waals surface area contributed by atoms with E-state index in [-0.39, 0.29) is 6.10 Å². The summed E-state index contributed by atoms with van der Waals surface area (Å²) in [6.07, 6.45) is 3.85. The molecule has 0 saturated carbocycles. The Morgan fingerprint density at radius 2 is 1.95 bits per heavy atom. The lowest BCUT2D eigenvalue weighted by Crippen LogP contribution is -2.09. The predicted octanol–water partition coefficient (Wildman–Crippen LogP) is 5.37. The number of aromatic nitrogens is 1. The molecule has 2 aromatic rings. The molecule has 1 aromatic carbocycles. The van der Waals surface area contributed by atoms with Crippen molar-refractivity contribution in [2.45, 2.75) is 25.9 Å². The second-order valence-electron chi connectivity index (χ2n) is 4.25. The van der Waals surface area contributed by atoms with E-state index in [1.807, 2.05) is 42.6 Å². The molecule has 0 amide bonds. The van der Waals surface area contributed by atoms with Crippen LogP contribution in [0.3, 0.4) is 0 Å². The van der Waals surface area contributed by atoms with Crippen LogP contribution in [0.2, 0.25) is 0 Å². The third kappa shape index (κ3) is 4.45. The Labute approximate surface area is 135 Å². The van der Waals surface area contributed by atoms with Crippen LogP contribution in [0.15, 0.2) is 47.1 Å². The molecule has 2 nitrogen and oxygen atoms in total. The maximum absolute atomic E-state index is 6.05. The lowest BCUT2D eigenvalue weighted by molar-refractivity contribution is 0.189. The smallest absolute Gasteiger partial charge is 0.140 e. The van der Waals surface area contributed by atoms with Gasteiger partial charge in [-0.15, -0.1) is 0 Å². The van der Waals surface area contributed by atoms with Crippen molar-refractivity contribution in [3.05, 3.63) is 56.3 Å². The fraction of sp³-hybridized carbons (Fsp3) is 0.267. The Kier molecular flexibility index (Phi) is 5.63. The first-order valence-corrected chi connectivity index (χ1v) is 8.10. The molecule has 0 saturated heterocycles. The van der Waals surface area contributed by atoms with Crippen LogP contribution in [0.5, 0.6) is 5.75 Å². The molecule has 0 N–H and O–H groups in total. The molecule has 0 aliphatic heterocycles. The first-order chi connectivity index (χ1) is 9.19. The van der Waals surface area contributed by atoms with Gasteiger partial charge >= 0.3 is 0 Å². The molecule has 2 rings (SSSR count). The Bertz CT molecular complexity index is 513. The van der Waals surface area contributed by atoms with E-state index in [0.717, 1.165) is 28.8 Å². The number of hydrogen-bond acceptors (Lipinski definition) is 2. The predicted molar refractivity (Wildman–Crippen MR) is 89.4 cm³/mol. The second-order valence-corrected chi connectivity index (χ2v) is 6.41. The Balaban J connectivity index is 2.15.